The van der Waals surface area contributed by atoms with E-state index in [1.54, 1.807) is 4.90 Å². The Balaban J connectivity index is 2.06. The molecule has 2 aromatic rings. The number of amides is 1. The molecule has 114 valence electrons. The van der Waals surface area contributed by atoms with Crippen LogP contribution in [0, 0.1) is 11.3 Å². The molecule has 0 unspecified atom stereocenters. The molecule has 1 aliphatic rings. The number of hydrogen-bond donors (Lipinski definition) is 0. The molecular formula is C20H18N2O. The molecule has 0 saturated carbocycles. The molecule has 0 N–H and O–H groups in total. The van der Waals surface area contributed by atoms with Crippen molar-refractivity contribution in [2.45, 2.75) is 25.3 Å². The molecule has 1 heterocycles. The molecule has 3 rings (SSSR count). The van der Waals surface area contributed by atoms with Crippen molar-refractivity contribution >= 4 is 5.91 Å². The van der Waals surface area contributed by atoms with E-state index in [-0.39, 0.29) is 17.9 Å². The highest BCUT2D eigenvalue weighted by atomic mass is 16.2. The van der Waals surface area contributed by atoms with Crippen molar-refractivity contribution in [3.63, 3.8) is 0 Å². The number of hydrogen-bond acceptors (Lipinski definition) is 2. The second-order valence-corrected chi connectivity index (χ2v) is 5.73. The van der Waals surface area contributed by atoms with Gasteiger partial charge < -0.3 is 0 Å². The van der Waals surface area contributed by atoms with E-state index in [1.807, 2.05) is 54.6 Å². The van der Waals surface area contributed by atoms with E-state index in [9.17, 15) is 10.1 Å². The Bertz CT molecular complexity index is 759. The van der Waals surface area contributed by atoms with Crippen LogP contribution in [0.3, 0.4) is 0 Å². The van der Waals surface area contributed by atoms with Crippen LogP contribution in [-0.2, 0) is 4.79 Å². The Hall–Kier alpha value is -2.86. The second kappa shape index (κ2) is 6.50. The molecule has 3 heteroatoms. The van der Waals surface area contributed by atoms with Gasteiger partial charge in [0, 0.05) is 12.8 Å². The average molecular weight is 302 g/mol. The van der Waals surface area contributed by atoms with Crippen molar-refractivity contribution in [3.05, 3.63) is 83.6 Å². The number of nitrogens with zero attached hydrogens (tertiary/aromatic N) is 2. The number of nitriles is 1. The van der Waals surface area contributed by atoms with Crippen molar-refractivity contribution < 1.29 is 4.79 Å². The third-order valence-electron chi connectivity index (χ3n) is 4.27. The van der Waals surface area contributed by atoms with Gasteiger partial charge in [-0.1, -0.05) is 60.7 Å². The van der Waals surface area contributed by atoms with E-state index < -0.39 is 0 Å². The van der Waals surface area contributed by atoms with Gasteiger partial charge in [-0.2, -0.15) is 5.26 Å². The van der Waals surface area contributed by atoms with Crippen LogP contribution in [0.25, 0.3) is 0 Å². The molecule has 0 aliphatic carbocycles. The molecule has 0 saturated heterocycles. The van der Waals surface area contributed by atoms with Crippen molar-refractivity contribution in [3.8, 4) is 6.07 Å². The highest BCUT2D eigenvalue weighted by Gasteiger charge is 2.33. The summed E-state index contributed by atoms with van der Waals surface area (Å²) in [4.78, 5) is 13.7. The zero-order valence-electron chi connectivity index (χ0n) is 13.0. The number of rotatable bonds is 2. The SMILES string of the molecule is CC(=O)N1C(C#N)=C[C@@H](c2ccccc2)C[C@H]1c1ccccc1. The monoisotopic (exact) mass is 302 g/mol. The molecule has 2 aromatic carbocycles. The Kier molecular flexibility index (Phi) is 4.25. The smallest absolute Gasteiger partial charge is 0.224 e. The summed E-state index contributed by atoms with van der Waals surface area (Å²) in [7, 11) is 0. The summed E-state index contributed by atoms with van der Waals surface area (Å²) < 4.78 is 0. The molecule has 0 spiro atoms. The molecule has 0 aromatic heterocycles. The topological polar surface area (TPSA) is 44.1 Å². The molecule has 23 heavy (non-hydrogen) atoms. The quantitative estimate of drug-likeness (QED) is 0.835. The highest BCUT2D eigenvalue weighted by molar-refractivity contribution is 5.77. The minimum atomic E-state index is -0.112. The largest absolute Gasteiger partial charge is 0.296 e. The zero-order valence-corrected chi connectivity index (χ0v) is 13.0. The molecule has 2 atom stereocenters. The predicted octanol–water partition coefficient (Wildman–Crippen LogP) is 4.17. The highest BCUT2D eigenvalue weighted by Crippen LogP contribution is 2.40. The summed E-state index contributed by atoms with van der Waals surface area (Å²) in [6.45, 7) is 1.52. The standard InChI is InChI=1S/C20H18N2O/c1-15(23)22-19(14-21)12-18(16-8-4-2-5-9-16)13-20(22)17-10-6-3-7-11-17/h2-12,18,20H,13H2,1H3/t18-,20+/m1/s1. The van der Waals surface area contributed by atoms with Crippen LogP contribution < -0.4 is 0 Å². The van der Waals surface area contributed by atoms with Gasteiger partial charge in [-0.15, -0.1) is 0 Å². The van der Waals surface area contributed by atoms with Crippen molar-refractivity contribution in [1.29, 1.82) is 5.26 Å². The minimum absolute atomic E-state index is 0.0989. The van der Waals surface area contributed by atoms with E-state index in [0.717, 1.165) is 12.0 Å². The molecule has 0 fully saturated rings. The summed E-state index contributed by atoms with van der Waals surface area (Å²) >= 11 is 0. The maximum Gasteiger partial charge on any atom is 0.224 e. The lowest BCUT2D eigenvalue weighted by Crippen LogP contribution is -2.36. The molecule has 3 nitrogen and oxygen atoms in total. The maximum absolute atomic E-state index is 12.1. The van der Waals surface area contributed by atoms with Gasteiger partial charge >= 0.3 is 0 Å². The Morgan fingerprint density at radius 1 is 1.04 bits per heavy atom. The first-order chi connectivity index (χ1) is 11.2. The van der Waals surface area contributed by atoms with Crippen LogP contribution >= 0.6 is 0 Å². The summed E-state index contributed by atoms with van der Waals surface area (Å²) in [6, 6.07) is 22.2. The van der Waals surface area contributed by atoms with Crippen LogP contribution in [0.4, 0.5) is 0 Å². The van der Waals surface area contributed by atoms with Crippen LogP contribution in [0.5, 0.6) is 0 Å². The molecular weight excluding hydrogens is 284 g/mol. The first kappa shape index (κ1) is 15.1. The van der Waals surface area contributed by atoms with Gasteiger partial charge in [0.25, 0.3) is 0 Å². The lowest BCUT2D eigenvalue weighted by Gasteiger charge is -2.37. The van der Waals surface area contributed by atoms with Gasteiger partial charge in [0.1, 0.15) is 11.8 Å². The van der Waals surface area contributed by atoms with Gasteiger partial charge in [0.15, 0.2) is 0 Å². The van der Waals surface area contributed by atoms with Crippen LogP contribution in [0.2, 0.25) is 0 Å². The van der Waals surface area contributed by atoms with Gasteiger partial charge in [0.05, 0.1) is 6.04 Å². The fraction of sp³-hybridized carbons (Fsp3) is 0.200. The van der Waals surface area contributed by atoms with Gasteiger partial charge in [-0.25, -0.2) is 0 Å². The molecule has 1 aliphatic heterocycles. The first-order valence-electron chi connectivity index (χ1n) is 7.72. The summed E-state index contributed by atoms with van der Waals surface area (Å²) in [6.07, 6.45) is 2.69. The summed E-state index contributed by atoms with van der Waals surface area (Å²) in [5.41, 5.74) is 2.67. The number of allylic oxidation sites excluding steroid dienone is 2. The van der Waals surface area contributed by atoms with Gasteiger partial charge in [-0.3, -0.25) is 9.69 Å². The van der Waals surface area contributed by atoms with E-state index in [1.165, 1.54) is 12.5 Å². The van der Waals surface area contributed by atoms with E-state index in [0.29, 0.717) is 5.70 Å². The third-order valence-corrected chi connectivity index (χ3v) is 4.27. The lowest BCUT2D eigenvalue weighted by molar-refractivity contribution is -0.129. The van der Waals surface area contributed by atoms with Crippen LogP contribution in [0.15, 0.2) is 72.4 Å². The number of carbonyl (C=O) groups excluding carboxylic acids is 1. The molecule has 0 bridgehead atoms. The van der Waals surface area contributed by atoms with Gasteiger partial charge in [0.2, 0.25) is 5.91 Å². The number of benzene rings is 2. The van der Waals surface area contributed by atoms with Gasteiger partial charge in [-0.05, 0) is 23.6 Å². The van der Waals surface area contributed by atoms with E-state index in [4.69, 9.17) is 0 Å². The Morgan fingerprint density at radius 2 is 1.61 bits per heavy atom. The van der Waals surface area contributed by atoms with E-state index >= 15 is 0 Å². The summed E-state index contributed by atoms with van der Waals surface area (Å²) in [5.74, 6) is 0.0322. The van der Waals surface area contributed by atoms with Crippen molar-refractivity contribution in [2.75, 3.05) is 0 Å². The zero-order chi connectivity index (χ0) is 16.2. The fourth-order valence-corrected chi connectivity index (χ4v) is 3.23. The molecule has 1 amide bonds. The fourth-order valence-electron chi connectivity index (χ4n) is 3.23. The Labute approximate surface area is 136 Å². The third kappa shape index (κ3) is 3.02. The molecule has 0 radical (unpaired) electrons. The lowest BCUT2D eigenvalue weighted by atomic mass is 9.84. The van der Waals surface area contributed by atoms with Crippen molar-refractivity contribution in [2.24, 2.45) is 0 Å². The minimum Gasteiger partial charge on any atom is -0.296 e. The second-order valence-electron chi connectivity index (χ2n) is 5.73. The summed E-state index contributed by atoms with van der Waals surface area (Å²) in [5, 5.41) is 9.53. The Morgan fingerprint density at radius 3 is 2.13 bits per heavy atom. The number of carbonyl (C=O) groups is 1. The van der Waals surface area contributed by atoms with E-state index in [2.05, 4.69) is 18.2 Å². The normalized spacial score (nSPS) is 20.5. The van der Waals surface area contributed by atoms with Crippen LogP contribution in [-0.4, -0.2) is 10.8 Å². The maximum atomic E-state index is 12.1. The predicted molar refractivity (Wildman–Crippen MR) is 89.2 cm³/mol. The van der Waals surface area contributed by atoms with Crippen LogP contribution in [0.1, 0.15) is 36.4 Å². The van der Waals surface area contributed by atoms with Crippen molar-refractivity contribution in [1.82, 2.24) is 4.90 Å². The average Bonchev–Trinajstić information content (AvgIpc) is 2.62. The first-order valence-corrected chi connectivity index (χ1v) is 7.72.